The van der Waals surface area contributed by atoms with Crippen LogP contribution in [0.4, 0.5) is 0 Å². The van der Waals surface area contributed by atoms with Crippen molar-refractivity contribution in [3.05, 3.63) is 34.4 Å². The molecular formula is C18H31NO4. The van der Waals surface area contributed by atoms with E-state index in [2.05, 4.69) is 25.2 Å². The first kappa shape index (κ1) is 21.4. The molecule has 0 radical (unpaired) electrons. The van der Waals surface area contributed by atoms with E-state index < -0.39 is 12.0 Å². The van der Waals surface area contributed by atoms with Crippen molar-refractivity contribution in [2.75, 3.05) is 0 Å². The molecule has 0 saturated heterocycles. The van der Waals surface area contributed by atoms with Gasteiger partial charge >= 0.3 is 5.97 Å². The minimum atomic E-state index is -0.840. The first-order valence-corrected chi connectivity index (χ1v) is 8.73. The summed E-state index contributed by atoms with van der Waals surface area (Å²) in [6.45, 7) is 2.19. The molecule has 132 valence electrons. The summed E-state index contributed by atoms with van der Waals surface area (Å²) in [7, 11) is 0. The predicted molar refractivity (Wildman–Crippen MR) is 93.2 cm³/mol. The Balaban J connectivity index is 3.76. The molecule has 0 bridgehead atoms. The van der Waals surface area contributed by atoms with Crippen molar-refractivity contribution in [3.8, 4) is 0 Å². The van der Waals surface area contributed by atoms with Gasteiger partial charge in [-0.25, -0.2) is 0 Å². The van der Waals surface area contributed by atoms with Gasteiger partial charge in [-0.1, -0.05) is 44.1 Å². The second-order valence-electron chi connectivity index (χ2n) is 5.83. The molecule has 0 heterocycles. The maximum absolute atomic E-state index is 11.0. The SMILES string of the molecule is CCCCC/C=C\C/C=C\CCC(CCCCC(=O)O)[N+](=O)[O-]. The number of carbonyl (C=O) groups is 1. The summed E-state index contributed by atoms with van der Waals surface area (Å²) >= 11 is 0. The summed E-state index contributed by atoms with van der Waals surface area (Å²) in [4.78, 5) is 21.1. The number of unbranched alkanes of at least 4 members (excludes halogenated alkanes) is 4. The summed E-state index contributed by atoms with van der Waals surface area (Å²) < 4.78 is 0. The van der Waals surface area contributed by atoms with E-state index in [0.29, 0.717) is 32.1 Å². The molecule has 0 aromatic heterocycles. The van der Waals surface area contributed by atoms with E-state index in [9.17, 15) is 14.9 Å². The summed E-state index contributed by atoms with van der Waals surface area (Å²) in [5, 5.41) is 19.5. The molecule has 1 unspecified atom stereocenters. The summed E-state index contributed by atoms with van der Waals surface area (Å²) in [6, 6.07) is -0.557. The molecule has 0 aliphatic heterocycles. The van der Waals surface area contributed by atoms with Crippen LogP contribution < -0.4 is 0 Å². The van der Waals surface area contributed by atoms with Crippen molar-refractivity contribution in [2.24, 2.45) is 0 Å². The third kappa shape index (κ3) is 15.0. The van der Waals surface area contributed by atoms with Crippen molar-refractivity contribution in [3.63, 3.8) is 0 Å². The van der Waals surface area contributed by atoms with E-state index in [4.69, 9.17) is 5.11 Å². The van der Waals surface area contributed by atoms with Crippen LogP contribution in [0.2, 0.25) is 0 Å². The smallest absolute Gasteiger partial charge is 0.303 e. The average Bonchev–Trinajstić information content (AvgIpc) is 2.50. The molecule has 0 aromatic carbocycles. The molecule has 1 atom stereocenters. The average molecular weight is 325 g/mol. The van der Waals surface area contributed by atoms with Gasteiger partial charge in [0.15, 0.2) is 0 Å². The van der Waals surface area contributed by atoms with Crippen LogP contribution in [0.3, 0.4) is 0 Å². The van der Waals surface area contributed by atoms with E-state index in [1.54, 1.807) is 0 Å². The molecule has 0 saturated carbocycles. The van der Waals surface area contributed by atoms with Crippen LogP contribution >= 0.6 is 0 Å². The van der Waals surface area contributed by atoms with Gasteiger partial charge in [0.05, 0.1) is 0 Å². The maximum atomic E-state index is 11.0. The highest BCUT2D eigenvalue weighted by Crippen LogP contribution is 2.12. The van der Waals surface area contributed by atoms with Crippen molar-refractivity contribution < 1.29 is 14.8 Å². The molecule has 0 aliphatic rings. The minimum absolute atomic E-state index is 0.0922. The van der Waals surface area contributed by atoms with Crippen LogP contribution in [0.5, 0.6) is 0 Å². The molecule has 23 heavy (non-hydrogen) atoms. The quantitative estimate of drug-likeness (QED) is 0.196. The van der Waals surface area contributed by atoms with Crippen LogP contribution in [-0.4, -0.2) is 22.0 Å². The standard InChI is InChI=1S/C18H31NO4/c1-2-3-4-5-6-7-8-9-10-11-14-17(19(22)23)15-12-13-16-18(20)21/h6-7,9-10,17H,2-5,8,11-16H2,1H3,(H,20,21)/b7-6-,10-9-. The van der Waals surface area contributed by atoms with Gasteiger partial charge in [-0.2, -0.15) is 0 Å². The van der Waals surface area contributed by atoms with E-state index in [1.165, 1.54) is 19.3 Å². The number of carboxylic acid groups (broad SMARTS) is 1. The molecule has 0 aromatic rings. The Kier molecular flexibility index (Phi) is 14.2. The minimum Gasteiger partial charge on any atom is -0.481 e. The molecule has 5 nitrogen and oxygen atoms in total. The molecule has 5 heteroatoms. The van der Waals surface area contributed by atoms with Crippen LogP contribution in [0.1, 0.15) is 77.6 Å². The van der Waals surface area contributed by atoms with E-state index in [0.717, 1.165) is 12.8 Å². The zero-order chi connectivity index (χ0) is 17.3. The number of hydrogen-bond donors (Lipinski definition) is 1. The van der Waals surface area contributed by atoms with E-state index in [1.807, 2.05) is 6.08 Å². The summed E-state index contributed by atoms with van der Waals surface area (Å²) in [5.74, 6) is -0.840. The Labute approximate surface area is 139 Å². The van der Waals surface area contributed by atoms with Gasteiger partial charge in [-0.3, -0.25) is 14.9 Å². The lowest BCUT2D eigenvalue weighted by atomic mass is 10.0. The van der Waals surface area contributed by atoms with Gasteiger partial charge in [0, 0.05) is 24.2 Å². The van der Waals surface area contributed by atoms with Gasteiger partial charge < -0.3 is 5.11 Å². The Morgan fingerprint density at radius 1 is 1.04 bits per heavy atom. The second kappa shape index (κ2) is 15.3. The number of rotatable bonds is 15. The predicted octanol–water partition coefficient (Wildman–Crippen LogP) is 5.14. The van der Waals surface area contributed by atoms with Gasteiger partial charge in [-0.15, -0.1) is 0 Å². The lowest BCUT2D eigenvalue weighted by molar-refractivity contribution is -0.524. The Morgan fingerprint density at radius 2 is 1.74 bits per heavy atom. The molecule has 0 rings (SSSR count). The zero-order valence-electron chi connectivity index (χ0n) is 14.3. The van der Waals surface area contributed by atoms with Crippen LogP contribution in [-0.2, 0) is 4.79 Å². The van der Waals surface area contributed by atoms with Crippen molar-refractivity contribution in [2.45, 2.75) is 83.6 Å². The van der Waals surface area contributed by atoms with Gasteiger partial charge in [-0.05, 0) is 38.5 Å². The highest BCUT2D eigenvalue weighted by atomic mass is 16.6. The summed E-state index contributed by atoms with van der Waals surface area (Å²) in [6.07, 6.45) is 17.0. The van der Waals surface area contributed by atoms with E-state index >= 15 is 0 Å². The maximum Gasteiger partial charge on any atom is 0.303 e. The number of carboxylic acids is 1. The first-order valence-electron chi connectivity index (χ1n) is 8.73. The third-order valence-corrected chi connectivity index (χ3v) is 3.72. The van der Waals surface area contributed by atoms with Gasteiger partial charge in [0.2, 0.25) is 6.04 Å². The summed E-state index contributed by atoms with van der Waals surface area (Å²) in [5.41, 5.74) is 0. The van der Waals surface area contributed by atoms with Gasteiger partial charge in [0.1, 0.15) is 0 Å². The number of hydrogen-bond acceptors (Lipinski definition) is 3. The number of nitro groups is 1. The Bertz CT molecular complexity index is 377. The van der Waals surface area contributed by atoms with Gasteiger partial charge in [0.25, 0.3) is 0 Å². The Hall–Kier alpha value is -1.65. The van der Waals surface area contributed by atoms with Crippen molar-refractivity contribution in [1.82, 2.24) is 0 Å². The molecule has 0 fully saturated rings. The van der Waals surface area contributed by atoms with Crippen molar-refractivity contribution in [1.29, 1.82) is 0 Å². The fraction of sp³-hybridized carbons (Fsp3) is 0.722. The second-order valence-corrected chi connectivity index (χ2v) is 5.83. The largest absolute Gasteiger partial charge is 0.481 e. The Morgan fingerprint density at radius 3 is 2.35 bits per heavy atom. The molecule has 0 spiro atoms. The fourth-order valence-corrected chi connectivity index (χ4v) is 2.32. The lowest BCUT2D eigenvalue weighted by Crippen LogP contribution is -2.19. The normalized spacial score (nSPS) is 12.9. The van der Waals surface area contributed by atoms with Crippen molar-refractivity contribution >= 4 is 5.97 Å². The molecule has 0 amide bonds. The van der Waals surface area contributed by atoms with Crippen LogP contribution in [0, 0.1) is 10.1 Å². The molecular weight excluding hydrogens is 294 g/mol. The number of nitrogens with zero attached hydrogens (tertiary/aromatic N) is 1. The fourth-order valence-electron chi connectivity index (χ4n) is 2.32. The zero-order valence-corrected chi connectivity index (χ0v) is 14.3. The highest BCUT2D eigenvalue weighted by Gasteiger charge is 2.18. The lowest BCUT2D eigenvalue weighted by Gasteiger charge is -2.07. The first-order chi connectivity index (χ1) is 11.1. The van der Waals surface area contributed by atoms with E-state index in [-0.39, 0.29) is 11.3 Å². The number of aliphatic carboxylic acids is 1. The number of allylic oxidation sites excluding steroid dienone is 4. The van der Waals surface area contributed by atoms with Crippen LogP contribution in [0.15, 0.2) is 24.3 Å². The molecule has 0 aliphatic carbocycles. The topological polar surface area (TPSA) is 80.4 Å². The monoisotopic (exact) mass is 325 g/mol. The van der Waals surface area contributed by atoms with Crippen LogP contribution in [0.25, 0.3) is 0 Å². The third-order valence-electron chi connectivity index (χ3n) is 3.72. The highest BCUT2D eigenvalue weighted by molar-refractivity contribution is 5.66. The molecule has 1 N–H and O–H groups in total.